The van der Waals surface area contributed by atoms with E-state index in [-0.39, 0.29) is 11.4 Å². The molecule has 0 aromatic rings. The summed E-state index contributed by atoms with van der Waals surface area (Å²) in [6.45, 7) is 3.80. The van der Waals surface area contributed by atoms with Crippen molar-refractivity contribution in [3.05, 3.63) is 0 Å². The molecule has 4 unspecified atom stereocenters. The molecule has 1 aliphatic carbocycles. The molecule has 1 saturated heterocycles. The Morgan fingerprint density at radius 2 is 1.94 bits per heavy atom. The average molecular weight is 275 g/mol. The maximum atomic E-state index is 11.7. The lowest BCUT2D eigenvalue weighted by Crippen LogP contribution is -2.50. The highest BCUT2D eigenvalue weighted by atomic mass is 32.2. The van der Waals surface area contributed by atoms with Gasteiger partial charge in [-0.15, -0.1) is 0 Å². The van der Waals surface area contributed by atoms with Gasteiger partial charge in [0.05, 0.1) is 11.4 Å². The van der Waals surface area contributed by atoms with Gasteiger partial charge in [-0.05, 0) is 38.1 Å². The molecule has 0 spiro atoms. The largest absolute Gasteiger partial charge is 0.392 e. The molecule has 1 aliphatic heterocycles. The summed E-state index contributed by atoms with van der Waals surface area (Å²) in [7, 11) is -2.91. The Bertz CT molecular complexity index is 382. The minimum absolute atomic E-state index is 0.173. The van der Waals surface area contributed by atoms with Gasteiger partial charge in [0.1, 0.15) is 9.84 Å². The summed E-state index contributed by atoms with van der Waals surface area (Å²) in [4.78, 5) is 2.31. The lowest BCUT2D eigenvalue weighted by Gasteiger charge is -2.42. The predicted molar refractivity (Wildman–Crippen MR) is 72.2 cm³/mol. The number of aliphatic hydroxyl groups is 1. The van der Waals surface area contributed by atoms with Crippen LogP contribution in [0, 0.1) is 5.92 Å². The molecule has 2 rings (SSSR count). The molecule has 0 radical (unpaired) electrons. The highest BCUT2D eigenvalue weighted by molar-refractivity contribution is 7.91. The molecule has 0 aromatic carbocycles. The van der Waals surface area contributed by atoms with Crippen molar-refractivity contribution in [2.75, 3.05) is 19.3 Å². The number of hydrogen-bond acceptors (Lipinski definition) is 4. The second-order valence-corrected chi connectivity index (χ2v) is 8.43. The van der Waals surface area contributed by atoms with Crippen LogP contribution in [0.5, 0.6) is 0 Å². The first kappa shape index (κ1) is 14.3. The van der Waals surface area contributed by atoms with Gasteiger partial charge < -0.3 is 5.11 Å². The van der Waals surface area contributed by atoms with E-state index in [4.69, 9.17) is 0 Å². The Hall–Kier alpha value is -0.130. The van der Waals surface area contributed by atoms with Crippen LogP contribution in [0.15, 0.2) is 0 Å². The summed E-state index contributed by atoms with van der Waals surface area (Å²) in [5.74, 6) is 0.371. The summed E-state index contributed by atoms with van der Waals surface area (Å²) < 4.78 is 23.3. The van der Waals surface area contributed by atoms with Gasteiger partial charge in [0.2, 0.25) is 0 Å². The van der Waals surface area contributed by atoms with Crippen LogP contribution in [0.3, 0.4) is 0 Å². The van der Waals surface area contributed by atoms with Crippen LogP contribution in [0.25, 0.3) is 0 Å². The number of hydrogen-bond donors (Lipinski definition) is 1. The maximum absolute atomic E-state index is 11.7. The van der Waals surface area contributed by atoms with Gasteiger partial charge in [-0.2, -0.15) is 0 Å². The van der Waals surface area contributed by atoms with E-state index in [1.807, 2.05) is 0 Å². The van der Waals surface area contributed by atoms with Gasteiger partial charge in [-0.25, -0.2) is 8.42 Å². The Morgan fingerprint density at radius 1 is 1.22 bits per heavy atom. The first-order valence-corrected chi connectivity index (χ1v) is 8.94. The molecule has 0 amide bonds. The van der Waals surface area contributed by atoms with E-state index in [0.29, 0.717) is 18.5 Å². The number of β-amino-alcohol motifs (C(OH)–C–C–N with tert-alkyl or cyclic N) is 1. The lowest BCUT2D eigenvalue weighted by atomic mass is 9.89. The summed E-state index contributed by atoms with van der Waals surface area (Å²) in [5, 5.41) is 9.77. The Balaban J connectivity index is 1.97. The van der Waals surface area contributed by atoms with Crippen LogP contribution in [0.1, 0.15) is 39.0 Å². The van der Waals surface area contributed by atoms with E-state index in [9.17, 15) is 13.5 Å². The zero-order chi connectivity index (χ0) is 13.3. The fraction of sp³-hybridized carbons (Fsp3) is 1.00. The third-order valence-electron chi connectivity index (χ3n) is 4.67. The predicted octanol–water partition coefficient (Wildman–Crippen LogP) is 1.04. The molecule has 106 valence electrons. The van der Waals surface area contributed by atoms with E-state index in [0.717, 1.165) is 38.6 Å². The van der Waals surface area contributed by atoms with Crippen molar-refractivity contribution < 1.29 is 13.5 Å². The Morgan fingerprint density at radius 3 is 2.56 bits per heavy atom. The highest BCUT2D eigenvalue weighted by Gasteiger charge is 2.34. The summed E-state index contributed by atoms with van der Waals surface area (Å²) >= 11 is 0. The second kappa shape index (κ2) is 5.47. The zero-order valence-electron chi connectivity index (χ0n) is 11.4. The van der Waals surface area contributed by atoms with Crippen LogP contribution in [-0.2, 0) is 9.84 Å². The maximum Gasteiger partial charge on any atom is 0.150 e. The van der Waals surface area contributed by atoms with E-state index in [2.05, 4.69) is 11.8 Å². The molecule has 0 aromatic heterocycles. The van der Waals surface area contributed by atoms with Crippen molar-refractivity contribution in [2.24, 2.45) is 5.92 Å². The molecule has 5 heteroatoms. The van der Waals surface area contributed by atoms with Crippen LogP contribution in [-0.4, -0.2) is 55.2 Å². The normalized spacial score (nSPS) is 39.7. The molecule has 1 heterocycles. The summed E-state index contributed by atoms with van der Waals surface area (Å²) in [6, 6.07) is 0.348. The van der Waals surface area contributed by atoms with Crippen LogP contribution in [0.2, 0.25) is 0 Å². The van der Waals surface area contributed by atoms with E-state index in [1.54, 1.807) is 0 Å². The quantitative estimate of drug-likeness (QED) is 0.818. The number of piperidine rings is 1. The number of sulfone groups is 1. The fourth-order valence-electron chi connectivity index (χ4n) is 3.25. The van der Waals surface area contributed by atoms with Gasteiger partial charge >= 0.3 is 0 Å². The monoisotopic (exact) mass is 275 g/mol. The van der Waals surface area contributed by atoms with Gasteiger partial charge in [-0.1, -0.05) is 13.3 Å². The third kappa shape index (κ3) is 3.25. The molecule has 1 N–H and O–H groups in total. The van der Waals surface area contributed by atoms with Crippen molar-refractivity contribution in [3.63, 3.8) is 0 Å². The van der Waals surface area contributed by atoms with Crippen molar-refractivity contribution in [1.29, 1.82) is 0 Å². The molecule has 4 nitrogen and oxygen atoms in total. The molecule has 2 aliphatic rings. The standard InChI is InChI=1S/C13H25NO3S/c1-10-6-7-14(9-13(10)15)11-4-3-5-12(8-11)18(2,16)17/h10-13,15H,3-9H2,1-2H3. The minimum Gasteiger partial charge on any atom is -0.392 e. The van der Waals surface area contributed by atoms with E-state index >= 15 is 0 Å². The molecule has 4 atom stereocenters. The van der Waals surface area contributed by atoms with Crippen molar-refractivity contribution in [2.45, 2.75) is 56.4 Å². The molecule has 2 fully saturated rings. The molecule has 18 heavy (non-hydrogen) atoms. The number of likely N-dealkylation sites (tertiary alicyclic amines) is 1. The molecular formula is C13H25NO3S. The van der Waals surface area contributed by atoms with Crippen LogP contribution < -0.4 is 0 Å². The lowest BCUT2D eigenvalue weighted by molar-refractivity contribution is 0.00298. The average Bonchev–Trinajstić information content (AvgIpc) is 2.32. The van der Waals surface area contributed by atoms with Crippen LogP contribution in [0.4, 0.5) is 0 Å². The fourth-order valence-corrected chi connectivity index (χ4v) is 4.41. The third-order valence-corrected chi connectivity index (χ3v) is 6.31. The summed E-state index contributed by atoms with van der Waals surface area (Å²) in [5.41, 5.74) is 0. The second-order valence-electron chi connectivity index (χ2n) is 6.10. The van der Waals surface area contributed by atoms with E-state index in [1.165, 1.54) is 6.26 Å². The molecular weight excluding hydrogens is 250 g/mol. The first-order chi connectivity index (χ1) is 8.38. The number of nitrogens with zero attached hydrogens (tertiary/aromatic N) is 1. The SMILES string of the molecule is CC1CCN(C2CCCC(S(C)(=O)=O)C2)CC1O. The van der Waals surface area contributed by atoms with Crippen molar-refractivity contribution >= 4 is 9.84 Å². The first-order valence-electron chi connectivity index (χ1n) is 6.99. The molecule has 0 bridgehead atoms. The highest BCUT2D eigenvalue weighted by Crippen LogP contribution is 2.30. The van der Waals surface area contributed by atoms with E-state index < -0.39 is 9.84 Å². The van der Waals surface area contributed by atoms with Crippen molar-refractivity contribution in [1.82, 2.24) is 4.90 Å². The Labute approximate surface area is 110 Å². The minimum atomic E-state index is -2.91. The Kier molecular flexibility index (Phi) is 4.34. The molecule has 1 saturated carbocycles. The van der Waals surface area contributed by atoms with Gasteiger partial charge in [0.15, 0.2) is 0 Å². The number of rotatable bonds is 2. The smallest absolute Gasteiger partial charge is 0.150 e. The van der Waals surface area contributed by atoms with Gasteiger partial charge in [0, 0.05) is 18.8 Å². The van der Waals surface area contributed by atoms with Crippen molar-refractivity contribution in [3.8, 4) is 0 Å². The van der Waals surface area contributed by atoms with Gasteiger partial charge in [0.25, 0.3) is 0 Å². The van der Waals surface area contributed by atoms with Gasteiger partial charge in [-0.3, -0.25) is 4.90 Å². The number of aliphatic hydroxyl groups excluding tert-OH is 1. The van der Waals surface area contributed by atoms with Crippen LogP contribution >= 0.6 is 0 Å². The summed E-state index contributed by atoms with van der Waals surface area (Å²) in [6.07, 6.45) is 5.74. The topological polar surface area (TPSA) is 57.6 Å². The zero-order valence-corrected chi connectivity index (χ0v) is 12.2.